The van der Waals surface area contributed by atoms with Crippen LogP contribution in [0.3, 0.4) is 0 Å². The van der Waals surface area contributed by atoms with Crippen molar-refractivity contribution in [3.63, 3.8) is 0 Å². The highest BCUT2D eigenvalue weighted by Gasteiger charge is 2.21. The van der Waals surface area contributed by atoms with Crippen molar-refractivity contribution in [1.29, 1.82) is 5.41 Å². The summed E-state index contributed by atoms with van der Waals surface area (Å²) >= 11 is 0. The highest BCUT2D eigenvalue weighted by Crippen LogP contribution is 2.22. The maximum atomic E-state index is 13.8. The van der Waals surface area contributed by atoms with E-state index < -0.39 is 0 Å². The quantitative estimate of drug-likeness (QED) is 0.124. The molecule has 0 aliphatic heterocycles. The molecule has 4 rings (SSSR count). The monoisotopic (exact) mass is 554 g/mol. The lowest BCUT2D eigenvalue weighted by Crippen LogP contribution is -2.34. The molecule has 0 radical (unpaired) electrons. The molecule has 7 N–H and O–H groups in total. The van der Waals surface area contributed by atoms with E-state index in [0.29, 0.717) is 36.3 Å². The lowest BCUT2D eigenvalue weighted by Gasteiger charge is -2.24. The third-order valence-electron chi connectivity index (χ3n) is 6.90. The van der Waals surface area contributed by atoms with Crippen LogP contribution in [0.2, 0.25) is 0 Å². The Labute approximate surface area is 240 Å². The summed E-state index contributed by atoms with van der Waals surface area (Å²) in [5.41, 5.74) is 15.5. The molecule has 2 amide bonds. The molecule has 0 unspecified atom stereocenters. The van der Waals surface area contributed by atoms with Crippen molar-refractivity contribution in [2.75, 3.05) is 25.0 Å². The van der Waals surface area contributed by atoms with Crippen molar-refractivity contribution in [2.45, 2.75) is 32.2 Å². The average Bonchev–Trinajstić information content (AvgIpc) is 3.12. The molecule has 0 atom stereocenters. The Morgan fingerprint density at radius 1 is 1.10 bits per heavy atom. The number of imidazole rings is 1. The first-order valence-corrected chi connectivity index (χ1v) is 13.8. The van der Waals surface area contributed by atoms with Crippen LogP contribution >= 0.6 is 0 Å². The van der Waals surface area contributed by atoms with Crippen LogP contribution in [0, 0.1) is 5.41 Å². The molecular formula is C31H38N8O2. The van der Waals surface area contributed by atoms with E-state index in [-0.39, 0.29) is 30.6 Å². The Balaban J connectivity index is 1.50. The van der Waals surface area contributed by atoms with Gasteiger partial charge in [0.1, 0.15) is 11.7 Å². The summed E-state index contributed by atoms with van der Waals surface area (Å²) in [6.07, 6.45) is 12.4. The van der Waals surface area contributed by atoms with E-state index in [4.69, 9.17) is 21.9 Å². The fraction of sp³-hybridized carbons (Fsp3) is 0.290. The SMILES string of the molecule is Cn1c(CNc2ccc(C(=N)N)cc2)nc2cc(C(=O)N(CCC(=O)NCCCCN)C3=CC=CCC=C3)ccc21. The summed E-state index contributed by atoms with van der Waals surface area (Å²) in [5, 5.41) is 13.8. The fourth-order valence-electron chi connectivity index (χ4n) is 4.54. The zero-order valence-electron chi connectivity index (χ0n) is 23.4. The molecule has 1 aliphatic rings. The number of hydrogen-bond donors (Lipinski definition) is 5. The van der Waals surface area contributed by atoms with E-state index in [1.54, 1.807) is 29.2 Å². The molecule has 10 nitrogen and oxygen atoms in total. The predicted molar refractivity (Wildman–Crippen MR) is 163 cm³/mol. The van der Waals surface area contributed by atoms with E-state index >= 15 is 0 Å². The van der Waals surface area contributed by atoms with E-state index in [1.165, 1.54) is 0 Å². The van der Waals surface area contributed by atoms with Crippen LogP contribution in [0.15, 0.2) is 78.5 Å². The van der Waals surface area contributed by atoms with Crippen LogP contribution < -0.4 is 22.1 Å². The Bertz CT molecular complexity index is 1480. The molecule has 1 aromatic heterocycles. The number of rotatable bonds is 13. The second-order valence-corrected chi connectivity index (χ2v) is 9.85. The minimum absolute atomic E-state index is 0.0280. The van der Waals surface area contributed by atoms with E-state index in [9.17, 15) is 9.59 Å². The maximum Gasteiger partial charge on any atom is 0.258 e. The summed E-state index contributed by atoms with van der Waals surface area (Å²) in [6.45, 7) is 1.90. The van der Waals surface area contributed by atoms with Crippen molar-refractivity contribution in [1.82, 2.24) is 19.8 Å². The molecule has 1 aliphatic carbocycles. The van der Waals surface area contributed by atoms with Gasteiger partial charge in [-0.05, 0) is 80.4 Å². The van der Waals surface area contributed by atoms with Crippen LogP contribution in [-0.4, -0.2) is 51.7 Å². The van der Waals surface area contributed by atoms with Gasteiger partial charge in [0, 0.05) is 49.1 Å². The van der Waals surface area contributed by atoms with Gasteiger partial charge in [0.2, 0.25) is 5.91 Å². The normalized spacial score (nSPS) is 12.6. The minimum atomic E-state index is -0.190. The van der Waals surface area contributed by atoms with Crippen LogP contribution in [0.5, 0.6) is 0 Å². The standard InChI is InChI=1S/C31H38N8O2/c1-38-27-15-12-23(20-26(27)37-28(38)21-36-24-13-10-22(11-14-24)30(33)34)31(41)39(25-8-4-2-3-5-9-25)19-16-29(40)35-18-7-6-17-32/h2,4-5,8-15,20,36H,3,6-7,16-19,21,32H2,1H3,(H3,33,34)(H,35,40). The largest absolute Gasteiger partial charge is 0.384 e. The Kier molecular flexibility index (Phi) is 10.1. The number of carbonyl (C=O) groups excluding carboxylic acids is 2. The van der Waals surface area contributed by atoms with Gasteiger partial charge in [-0.1, -0.05) is 18.2 Å². The minimum Gasteiger partial charge on any atom is -0.384 e. The molecule has 0 saturated carbocycles. The highest BCUT2D eigenvalue weighted by atomic mass is 16.2. The van der Waals surface area contributed by atoms with Gasteiger partial charge in [-0.3, -0.25) is 15.0 Å². The number of nitrogens with one attached hydrogen (secondary N) is 3. The molecule has 41 heavy (non-hydrogen) atoms. The molecule has 0 bridgehead atoms. The Morgan fingerprint density at radius 2 is 1.88 bits per heavy atom. The lowest BCUT2D eigenvalue weighted by atomic mass is 10.1. The number of carbonyl (C=O) groups is 2. The molecular weight excluding hydrogens is 516 g/mol. The lowest BCUT2D eigenvalue weighted by molar-refractivity contribution is -0.121. The van der Waals surface area contributed by atoms with Crippen molar-refractivity contribution < 1.29 is 9.59 Å². The number of anilines is 1. The zero-order chi connectivity index (χ0) is 29.2. The topological polar surface area (TPSA) is 155 Å². The van der Waals surface area contributed by atoms with Crippen LogP contribution in [-0.2, 0) is 18.4 Å². The predicted octanol–water partition coefficient (Wildman–Crippen LogP) is 3.56. The number of nitrogens with zero attached hydrogens (tertiary/aromatic N) is 3. The molecule has 214 valence electrons. The number of amidine groups is 1. The van der Waals surface area contributed by atoms with E-state index in [0.717, 1.165) is 42.0 Å². The van der Waals surface area contributed by atoms with Crippen molar-refractivity contribution in [3.8, 4) is 0 Å². The van der Waals surface area contributed by atoms with Crippen LogP contribution in [0.4, 0.5) is 5.69 Å². The van der Waals surface area contributed by atoms with Crippen LogP contribution in [0.25, 0.3) is 11.0 Å². The number of nitrogen functional groups attached to an aromatic ring is 1. The first kappa shape index (κ1) is 29.3. The van der Waals surface area contributed by atoms with Gasteiger partial charge >= 0.3 is 0 Å². The van der Waals surface area contributed by atoms with E-state index in [1.807, 2.05) is 60.2 Å². The number of allylic oxidation sites excluding steroid dienone is 5. The molecule has 2 aromatic carbocycles. The summed E-state index contributed by atoms with van der Waals surface area (Å²) < 4.78 is 1.99. The van der Waals surface area contributed by atoms with Gasteiger partial charge in [0.25, 0.3) is 5.91 Å². The van der Waals surface area contributed by atoms with E-state index in [2.05, 4.69) is 10.6 Å². The van der Waals surface area contributed by atoms with Gasteiger partial charge in [-0.15, -0.1) is 0 Å². The summed E-state index contributed by atoms with van der Waals surface area (Å²) in [5.74, 6) is 0.551. The number of unbranched alkanes of at least 4 members (excludes halogenated alkanes) is 1. The van der Waals surface area contributed by atoms with Gasteiger partial charge < -0.3 is 31.6 Å². The highest BCUT2D eigenvalue weighted by molar-refractivity contribution is 5.99. The zero-order valence-corrected chi connectivity index (χ0v) is 23.4. The molecule has 0 saturated heterocycles. The summed E-state index contributed by atoms with van der Waals surface area (Å²) in [4.78, 5) is 32.7. The Morgan fingerprint density at radius 3 is 2.63 bits per heavy atom. The molecule has 3 aromatic rings. The molecule has 0 spiro atoms. The fourth-order valence-corrected chi connectivity index (χ4v) is 4.54. The van der Waals surface area contributed by atoms with Crippen LogP contribution in [0.1, 0.15) is 47.4 Å². The first-order valence-electron chi connectivity index (χ1n) is 13.8. The summed E-state index contributed by atoms with van der Waals surface area (Å²) in [6, 6.07) is 12.8. The number of aromatic nitrogens is 2. The number of aryl methyl sites for hydroxylation is 1. The second kappa shape index (κ2) is 14.1. The van der Waals surface area contributed by atoms with Crippen molar-refractivity contribution >= 4 is 34.4 Å². The average molecular weight is 555 g/mol. The number of nitrogens with two attached hydrogens (primary N) is 2. The molecule has 1 heterocycles. The second-order valence-electron chi connectivity index (χ2n) is 9.85. The smallest absolute Gasteiger partial charge is 0.258 e. The first-order chi connectivity index (χ1) is 19.9. The number of fused-ring (bicyclic) bond motifs is 1. The van der Waals surface area contributed by atoms with Crippen molar-refractivity contribution in [2.24, 2.45) is 18.5 Å². The van der Waals surface area contributed by atoms with Gasteiger partial charge in [0.05, 0.1) is 17.6 Å². The third-order valence-corrected chi connectivity index (χ3v) is 6.90. The van der Waals surface area contributed by atoms with Gasteiger partial charge in [-0.25, -0.2) is 4.98 Å². The molecule has 10 heteroatoms. The number of amides is 2. The molecule has 0 fully saturated rings. The number of benzene rings is 2. The summed E-state index contributed by atoms with van der Waals surface area (Å²) in [7, 11) is 1.94. The number of hydrogen-bond acceptors (Lipinski definition) is 6. The van der Waals surface area contributed by atoms with Crippen molar-refractivity contribution in [3.05, 3.63) is 95.5 Å². The third kappa shape index (κ3) is 7.70. The maximum absolute atomic E-state index is 13.8. The Hall–Kier alpha value is -4.70. The van der Waals surface area contributed by atoms with Gasteiger partial charge in [-0.2, -0.15) is 0 Å². The van der Waals surface area contributed by atoms with Gasteiger partial charge in [0.15, 0.2) is 0 Å².